The summed E-state index contributed by atoms with van der Waals surface area (Å²) in [7, 11) is 0. The molecule has 1 heterocycles. The molecule has 0 saturated carbocycles. The van der Waals surface area contributed by atoms with E-state index in [4.69, 9.17) is 10.8 Å². The molecule has 78 valence electrons. The van der Waals surface area contributed by atoms with Crippen molar-refractivity contribution in [1.82, 2.24) is 4.98 Å². The van der Waals surface area contributed by atoms with E-state index < -0.39 is 24.4 Å². The number of aliphatic hydroxyl groups is 1. The van der Waals surface area contributed by atoms with Gasteiger partial charge in [-0.15, -0.1) is 0 Å². The monoisotopic (exact) mass is 206 g/mol. The molecule has 1 aromatic rings. The van der Waals surface area contributed by atoms with E-state index in [1.54, 1.807) is 0 Å². The Balaban J connectivity index is 3.27. The Hall–Kier alpha value is -1.14. The van der Waals surface area contributed by atoms with Crippen LogP contribution in [0.25, 0.3) is 0 Å². The third-order valence-corrected chi connectivity index (χ3v) is 1.81. The molecule has 0 aliphatic carbocycles. The fraction of sp³-hybridized carbons (Fsp3) is 0.375. The summed E-state index contributed by atoms with van der Waals surface area (Å²) in [5.41, 5.74) is 4.21. The van der Waals surface area contributed by atoms with Gasteiger partial charge in [-0.3, -0.25) is 4.98 Å². The van der Waals surface area contributed by atoms with Crippen LogP contribution in [0.5, 0.6) is 0 Å². The van der Waals surface area contributed by atoms with Gasteiger partial charge in [-0.25, -0.2) is 13.2 Å². The molecule has 1 aromatic heterocycles. The van der Waals surface area contributed by atoms with E-state index in [9.17, 15) is 13.2 Å². The van der Waals surface area contributed by atoms with E-state index in [-0.39, 0.29) is 17.8 Å². The molecule has 14 heavy (non-hydrogen) atoms. The summed E-state index contributed by atoms with van der Waals surface area (Å²) >= 11 is 0. The SMILES string of the molecule is NCc1ncc(C(F)F)c(F)c1CO. The van der Waals surface area contributed by atoms with Crippen molar-refractivity contribution in [2.75, 3.05) is 0 Å². The van der Waals surface area contributed by atoms with Crippen LogP contribution in [-0.2, 0) is 13.2 Å². The van der Waals surface area contributed by atoms with Crippen molar-refractivity contribution in [2.24, 2.45) is 5.73 Å². The van der Waals surface area contributed by atoms with Gasteiger partial charge in [-0.05, 0) is 0 Å². The summed E-state index contributed by atoms with van der Waals surface area (Å²) in [6, 6.07) is 0. The number of hydrogen-bond donors (Lipinski definition) is 2. The lowest BCUT2D eigenvalue weighted by molar-refractivity contribution is 0.144. The normalized spacial score (nSPS) is 11.0. The Morgan fingerprint density at radius 3 is 2.57 bits per heavy atom. The topological polar surface area (TPSA) is 59.1 Å². The second-order valence-electron chi connectivity index (χ2n) is 2.62. The number of aliphatic hydroxyl groups excluding tert-OH is 1. The summed E-state index contributed by atoms with van der Waals surface area (Å²) in [4.78, 5) is 3.55. The van der Waals surface area contributed by atoms with Gasteiger partial charge >= 0.3 is 0 Å². The molecule has 3 N–H and O–H groups in total. The van der Waals surface area contributed by atoms with Crippen LogP contribution < -0.4 is 5.73 Å². The van der Waals surface area contributed by atoms with Crippen molar-refractivity contribution in [3.05, 3.63) is 28.8 Å². The maximum absolute atomic E-state index is 13.2. The number of aromatic nitrogens is 1. The number of halogens is 3. The first-order valence-electron chi connectivity index (χ1n) is 3.87. The van der Waals surface area contributed by atoms with Crippen LogP contribution in [0, 0.1) is 5.82 Å². The molecular weight excluding hydrogens is 197 g/mol. The Bertz CT molecular complexity index is 331. The van der Waals surface area contributed by atoms with Gasteiger partial charge in [0, 0.05) is 18.3 Å². The van der Waals surface area contributed by atoms with Crippen LogP contribution in [0.15, 0.2) is 6.20 Å². The van der Waals surface area contributed by atoms with Crippen molar-refractivity contribution < 1.29 is 18.3 Å². The average molecular weight is 206 g/mol. The van der Waals surface area contributed by atoms with E-state index in [0.29, 0.717) is 0 Å². The Morgan fingerprint density at radius 1 is 1.50 bits per heavy atom. The molecule has 0 saturated heterocycles. The first-order chi connectivity index (χ1) is 6.61. The van der Waals surface area contributed by atoms with Crippen LogP contribution in [0.2, 0.25) is 0 Å². The van der Waals surface area contributed by atoms with Crippen molar-refractivity contribution in [2.45, 2.75) is 19.6 Å². The third-order valence-electron chi connectivity index (χ3n) is 1.81. The van der Waals surface area contributed by atoms with Crippen LogP contribution in [0.3, 0.4) is 0 Å². The lowest BCUT2D eigenvalue weighted by Gasteiger charge is -2.09. The smallest absolute Gasteiger partial charge is 0.268 e. The van der Waals surface area contributed by atoms with Crippen LogP contribution in [0.4, 0.5) is 13.2 Å². The third kappa shape index (κ3) is 1.85. The van der Waals surface area contributed by atoms with Crippen LogP contribution in [0.1, 0.15) is 23.2 Å². The fourth-order valence-electron chi connectivity index (χ4n) is 1.07. The minimum atomic E-state index is -2.94. The molecule has 0 radical (unpaired) electrons. The molecule has 0 fully saturated rings. The van der Waals surface area contributed by atoms with E-state index in [0.717, 1.165) is 6.20 Å². The Labute approximate surface area is 78.4 Å². The lowest BCUT2D eigenvalue weighted by Crippen LogP contribution is -2.09. The molecule has 0 amide bonds. The molecular formula is C8H9F3N2O. The van der Waals surface area contributed by atoms with Gasteiger partial charge in [-0.1, -0.05) is 0 Å². The van der Waals surface area contributed by atoms with E-state index in [2.05, 4.69) is 4.98 Å². The second kappa shape index (κ2) is 4.39. The van der Waals surface area contributed by atoms with Crippen LogP contribution in [-0.4, -0.2) is 10.1 Å². The lowest BCUT2D eigenvalue weighted by atomic mass is 10.1. The minimum Gasteiger partial charge on any atom is -0.391 e. The maximum atomic E-state index is 13.2. The van der Waals surface area contributed by atoms with E-state index >= 15 is 0 Å². The van der Waals surface area contributed by atoms with Gasteiger partial charge in [0.2, 0.25) is 0 Å². The second-order valence-corrected chi connectivity index (χ2v) is 2.62. The zero-order chi connectivity index (χ0) is 10.7. The van der Waals surface area contributed by atoms with Crippen molar-refractivity contribution in [3.8, 4) is 0 Å². The molecule has 0 aliphatic heterocycles. The molecule has 0 aromatic carbocycles. The number of alkyl halides is 2. The summed E-state index contributed by atoms with van der Waals surface area (Å²) in [6.07, 6.45) is -2.21. The summed E-state index contributed by atoms with van der Waals surface area (Å²) in [5, 5.41) is 8.76. The highest BCUT2D eigenvalue weighted by Gasteiger charge is 2.19. The molecule has 0 aliphatic rings. The van der Waals surface area contributed by atoms with Gasteiger partial charge in [0.1, 0.15) is 5.82 Å². The largest absolute Gasteiger partial charge is 0.391 e. The van der Waals surface area contributed by atoms with Gasteiger partial charge in [0.15, 0.2) is 0 Å². The van der Waals surface area contributed by atoms with Gasteiger partial charge < -0.3 is 10.8 Å². The van der Waals surface area contributed by atoms with Gasteiger partial charge in [0.05, 0.1) is 17.9 Å². The number of nitrogens with zero attached hydrogens (tertiary/aromatic N) is 1. The summed E-state index contributed by atoms with van der Waals surface area (Å²) in [5.74, 6) is -1.13. The highest BCUT2D eigenvalue weighted by atomic mass is 19.3. The summed E-state index contributed by atoms with van der Waals surface area (Å²) < 4.78 is 37.6. The number of rotatable bonds is 3. The fourth-order valence-corrected chi connectivity index (χ4v) is 1.07. The van der Waals surface area contributed by atoms with Crippen molar-refractivity contribution in [3.63, 3.8) is 0 Å². The van der Waals surface area contributed by atoms with E-state index in [1.165, 1.54) is 0 Å². The highest BCUT2D eigenvalue weighted by Crippen LogP contribution is 2.24. The molecule has 0 spiro atoms. The Morgan fingerprint density at radius 2 is 2.14 bits per heavy atom. The Kier molecular flexibility index (Phi) is 3.43. The average Bonchev–Trinajstić information content (AvgIpc) is 2.16. The number of hydrogen-bond acceptors (Lipinski definition) is 3. The predicted molar refractivity (Wildman–Crippen MR) is 43.0 cm³/mol. The molecule has 3 nitrogen and oxygen atoms in total. The molecule has 1 rings (SSSR count). The van der Waals surface area contributed by atoms with Gasteiger partial charge in [0.25, 0.3) is 6.43 Å². The quantitative estimate of drug-likeness (QED) is 0.778. The molecule has 6 heteroatoms. The number of nitrogens with two attached hydrogens (primary N) is 1. The summed E-state index contributed by atoms with van der Waals surface area (Å²) in [6.45, 7) is -0.789. The minimum absolute atomic E-state index is 0.0920. The first-order valence-corrected chi connectivity index (χ1v) is 3.87. The van der Waals surface area contributed by atoms with Crippen molar-refractivity contribution >= 4 is 0 Å². The maximum Gasteiger partial charge on any atom is 0.268 e. The standard InChI is InChI=1S/C8H9F3N2O/c9-7-4(8(10)11)2-13-6(1-12)5(7)3-14/h2,8,14H,1,3,12H2. The first kappa shape index (κ1) is 10.9. The van der Waals surface area contributed by atoms with Crippen molar-refractivity contribution in [1.29, 1.82) is 0 Å². The molecule has 0 bridgehead atoms. The van der Waals surface area contributed by atoms with E-state index in [1.807, 2.05) is 0 Å². The van der Waals surface area contributed by atoms with Crippen LogP contribution >= 0.6 is 0 Å². The number of pyridine rings is 1. The zero-order valence-corrected chi connectivity index (χ0v) is 7.17. The molecule has 0 atom stereocenters. The molecule has 0 unspecified atom stereocenters. The highest BCUT2D eigenvalue weighted by molar-refractivity contribution is 5.27. The van der Waals surface area contributed by atoms with Gasteiger partial charge in [-0.2, -0.15) is 0 Å². The predicted octanol–water partition coefficient (Wildman–Crippen LogP) is 1.11. The zero-order valence-electron chi connectivity index (χ0n) is 7.17.